The average molecular weight is 673 g/mol. The fourth-order valence-corrected chi connectivity index (χ4v) is 5.78. The number of hydrogen-bond donors (Lipinski definition) is 0. The SMILES string of the molecule is O=C1S/C(=C\c2cc(Br)c(OCc3ccc(Cl)cc3)c(Br)c2)C(=O)N1Cc1ccc(Br)cc1. The van der Waals surface area contributed by atoms with Crippen molar-refractivity contribution in [2.24, 2.45) is 0 Å². The Bertz CT molecular complexity index is 1220. The molecule has 0 aliphatic carbocycles. The molecule has 0 N–H and O–H groups in total. The zero-order valence-electron chi connectivity index (χ0n) is 16.9. The van der Waals surface area contributed by atoms with Crippen molar-refractivity contribution in [1.29, 1.82) is 0 Å². The van der Waals surface area contributed by atoms with Crippen LogP contribution in [-0.2, 0) is 17.9 Å². The first kappa shape index (κ1) is 24.5. The highest BCUT2D eigenvalue weighted by atomic mass is 79.9. The Labute approximate surface area is 225 Å². The van der Waals surface area contributed by atoms with Crippen LogP contribution < -0.4 is 4.74 Å². The monoisotopic (exact) mass is 669 g/mol. The molecule has 0 bridgehead atoms. The molecule has 4 nitrogen and oxygen atoms in total. The van der Waals surface area contributed by atoms with Gasteiger partial charge in [-0.25, -0.2) is 0 Å². The van der Waals surface area contributed by atoms with E-state index in [1.54, 1.807) is 6.08 Å². The molecule has 9 heteroatoms. The largest absolute Gasteiger partial charge is 0.487 e. The molecule has 168 valence electrons. The Kier molecular flexibility index (Phi) is 8.02. The Morgan fingerprint density at radius 1 is 0.909 bits per heavy atom. The zero-order valence-corrected chi connectivity index (χ0v) is 23.2. The summed E-state index contributed by atoms with van der Waals surface area (Å²) in [4.78, 5) is 27.0. The molecule has 0 aromatic heterocycles. The second-order valence-corrected chi connectivity index (χ2v) is 11.2. The van der Waals surface area contributed by atoms with Gasteiger partial charge in [0.1, 0.15) is 12.4 Å². The van der Waals surface area contributed by atoms with Gasteiger partial charge in [0, 0.05) is 9.50 Å². The third-order valence-electron chi connectivity index (χ3n) is 4.74. The van der Waals surface area contributed by atoms with Crippen LogP contribution in [0.5, 0.6) is 5.75 Å². The number of carbonyl (C=O) groups excluding carboxylic acids is 2. The summed E-state index contributed by atoms with van der Waals surface area (Å²) in [6.45, 7) is 0.614. The molecule has 1 saturated heterocycles. The van der Waals surface area contributed by atoms with Crippen LogP contribution in [0.2, 0.25) is 5.02 Å². The molecule has 1 fully saturated rings. The standard InChI is InChI=1S/C24H15Br3ClNO3S/c25-17-5-1-14(2-6-17)12-29-23(30)21(33-24(29)31)11-16-9-19(26)22(20(27)10-16)32-13-15-3-7-18(28)8-4-15/h1-11H,12-13H2/b21-11-. The van der Waals surface area contributed by atoms with Gasteiger partial charge in [-0.3, -0.25) is 14.5 Å². The van der Waals surface area contributed by atoms with Gasteiger partial charge >= 0.3 is 0 Å². The fraction of sp³-hybridized carbons (Fsp3) is 0.0833. The van der Waals surface area contributed by atoms with Crippen LogP contribution in [0, 0.1) is 0 Å². The summed E-state index contributed by atoms with van der Waals surface area (Å²) in [5.74, 6) is 0.341. The van der Waals surface area contributed by atoms with E-state index in [-0.39, 0.29) is 17.7 Å². The number of benzene rings is 3. The van der Waals surface area contributed by atoms with Gasteiger partial charge in [-0.05, 0) is 103 Å². The normalized spacial score (nSPS) is 14.9. The zero-order chi connectivity index (χ0) is 23.5. The number of nitrogens with zero attached hydrogens (tertiary/aromatic N) is 1. The highest BCUT2D eigenvalue weighted by Crippen LogP contribution is 2.38. The number of hydrogen-bond acceptors (Lipinski definition) is 4. The molecule has 1 heterocycles. The molecule has 0 radical (unpaired) electrons. The van der Waals surface area contributed by atoms with E-state index in [1.165, 1.54) is 4.90 Å². The Balaban J connectivity index is 1.49. The molecule has 1 aliphatic rings. The van der Waals surface area contributed by atoms with Gasteiger partial charge in [0.2, 0.25) is 0 Å². The van der Waals surface area contributed by atoms with Crippen LogP contribution in [-0.4, -0.2) is 16.0 Å². The maximum Gasteiger partial charge on any atom is 0.293 e. The minimum Gasteiger partial charge on any atom is -0.487 e. The van der Waals surface area contributed by atoms with E-state index < -0.39 is 0 Å². The second-order valence-electron chi connectivity index (χ2n) is 7.12. The lowest BCUT2D eigenvalue weighted by Gasteiger charge is -2.13. The minimum absolute atomic E-state index is 0.236. The summed E-state index contributed by atoms with van der Waals surface area (Å²) < 4.78 is 8.35. The molecule has 3 aromatic rings. The number of ether oxygens (including phenoxy) is 1. The first-order valence-electron chi connectivity index (χ1n) is 9.66. The lowest BCUT2D eigenvalue weighted by atomic mass is 10.2. The molecule has 33 heavy (non-hydrogen) atoms. The molecular formula is C24H15Br3ClNO3S. The van der Waals surface area contributed by atoms with E-state index >= 15 is 0 Å². The van der Waals surface area contributed by atoms with E-state index in [2.05, 4.69) is 47.8 Å². The summed E-state index contributed by atoms with van der Waals surface area (Å²) in [6.07, 6.45) is 1.71. The van der Waals surface area contributed by atoms with Crippen molar-refractivity contribution >= 4 is 88.4 Å². The molecule has 0 atom stereocenters. The molecule has 0 saturated carbocycles. The summed E-state index contributed by atoms with van der Waals surface area (Å²) in [5, 5.41) is 0.391. The summed E-state index contributed by atoms with van der Waals surface area (Å²) >= 11 is 17.3. The highest BCUT2D eigenvalue weighted by molar-refractivity contribution is 9.11. The molecule has 4 rings (SSSR count). The topological polar surface area (TPSA) is 46.6 Å². The van der Waals surface area contributed by atoms with Crippen LogP contribution in [0.15, 0.2) is 79.0 Å². The number of imide groups is 1. The maximum atomic E-state index is 12.9. The Hall–Kier alpha value is -1.58. The number of halogens is 4. The van der Waals surface area contributed by atoms with E-state index in [9.17, 15) is 9.59 Å². The number of rotatable bonds is 6. The summed E-state index contributed by atoms with van der Waals surface area (Å²) in [7, 11) is 0. The molecule has 0 unspecified atom stereocenters. The number of carbonyl (C=O) groups is 2. The van der Waals surface area contributed by atoms with Crippen LogP contribution in [0.1, 0.15) is 16.7 Å². The Morgan fingerprint density at radius 2 is 1.52 bits per heavy atom. The van der Waals surface area contributed by atoms with Gasteiger partial charge in [-0.15, -0.1) is 0 Å². The van der Waals surface area contributed by atoms with Crippen LogP contribution in [0.25, 0.3) is 6.08 Å². The van der Waals surface area contributed by atoms with Crippen molar-refractivity contribution in [2.75, 3.05) is 0 Å². The lowest BCUT2D eigenvalue weighted by Crippen LogP contribution is -2.27. The number of thioether (sulfide) groups is 1. The van der Waals surface area contributed by atoms with E-state index in [1.807, 2.05) is 60.7 Å². The first-order valence-corrected chi connectivity index (χ1v) is 13.2. The summed E-state index contributed by atoms with van der Waals surface area (Å²) in [6, 6.07) is 18.7. The van der Waals surface area contributed by atoms with Crippen molar-refractivity contribution in [1.82, 2.24) is 4.90 Å². The van der Waals surface area contributed by atoms with Gasteiger partial charge in [0.15, 0.2) is 0 Å². The van der Waals surface area contributed by atoms with Gasteiger partial charge < -0.3 is 4.74 Å². The smallest absolute Gasteiger partial charge is 0.293 e. The quantitative estimate of drug-likeness (QED) is 0.247. The molecule has 3 aromatic carbocycles. The van der Waals surface area contributed by atoms with E-state index in [0.29, 0.717) is 22.3 Å². The number of amides is 2. The third kappa shape index (κ3) is 6.11. The van der Waals surface area contributed by atoms with Crippen LogP contribution in [0.3, 0.4) is 0 Å². The van der Waals surface area contributed by atoms with Crippen molar-refractivity contribution in [3.05, 3.63) is 101 Å². The predicted molar refractivity (Wildman–Crippen MR) is 143 cm³/mol. The van der Waals surface area contributed by atoms with Crippen LogP contribution in [0.4, 0.5) is 4.79 Å². The summed E-state index contributed by atoms with van der Waals surface area (Å²) in [5.41, 5.74) is 2.64. The first-order chi connectivity index (χ1) is 15.8. The minimum atomic E-state index is -0.303. The van der Waals surface area contributed by atoms with Gasteiger partial charge in [0.25, 0.3) is 11.1 Å². The van der Waals surface area contributed by atoms with E-state index in [4.69, 9.17) is 16.3 Å². The van der Waals surface area contributed by atoms with Crippen molar-refractivity contribution < 1.29 is 14.3 Å². The van der Waals surface area contributed by atoms with Gasteiger partial charge in [0.05, 0.1) is 20.4 Å². The second kappa shape index (κ2) is 10.8. The fourth-order valence-electron chi connectivity index (χ4n) is 3.10. The average Bonchev–Trinajstić information content (AvgIpc) is 3.03. The third-order valence-corrected chi connectivity index (χ3v) is 7.61. The Morgan fingerprint density at radius 3 is 2.15 bits per heavy atom. The van der Waals surface area contributed by atoms with Crippen molar-refractivity contribution in [3.8, 4) is 5.75 Å². The van der Waals surface area contributed by atoms with Gasteiger partial charge in [-0.2, -0.15) is 0 Å². The molecular weight excluding hydrogens is 658 g/mol. The molecule has 0 spiro atoms. The van der Waals surface area contributed by atoms with Gasteiger partial charge in [-0.1, -0.05) is 51.8 Å². The van der Waals surface area contributed by atoms with Crippen molar-refractivity contribution in [3.63, 3.8) is 0 Å². The molecule has 2 amide bonds. The highest BCUT2D eigenvalue weighted by Gasteiger charge is 2.35. The van der Waals surface area contributed by atoms with Crippen LogP contribution >= 0.6 is 71.2 Å². The van der Waals surface area contributed by atoms with E-state index in [0.717, 1.165) is 41.9 Å². The molecule has 1 aliphatic heterocycles. The predicted octanol–water partition coefficient (Wildman–Crippen LogP) is 8.44. The van der Waals surface area contributed by atoms with Crippen molar-refractivity contribution in [2.45, 2.75) is 13.2 Å². The lowest BCUT2D eigenvalue weighted by molar-refractivity contribution is -0.123. The maximum absolute atomic E-state index is 12.9.